The molecule has 2 aliphatic heterocycles. The third-order valence-corrected chi connectivity index (χ3v) is 13.7. The number of anilines is 3. The van der Waals surface area contributed by atoms with Crippen molar-refractivity contribution >= 4 is 44.8 Å². The minimum atomic E-state index is -1.79. The summed E-state index contributed by atoms with van der Waals surface area (Å²) in [5.74, 6) is 1.44. The van der Waals surface area contributed by atoms with Gasteiger partial charge in [-0.3, -0.25) is 4.99 Å². The zero-order chi connectivity index (χ0) is 43.3. The molecule has 0 unspecified atom stereocenters. The topological polar surface area (TPSA) is 42.7 Å². The molecule has 2 atom stereocenters. The van der Waals surface area contributed by atoms with Crippen molar-refractivity contribution in [2.75, 3.05) is 4.90 Å². The van der Waals surface area contributed by atoms with Crippen molar-refractivity contribution in [1.82, 2.24) is 9.55 Å². The standard InChI is InChI=1S/C54H54N4O.Pt/c1-31(2)35-24-36(50-56-54(12)42-19-18-33(4)34(5)41(42)30-53(54,11)59-50)26-38(25-35)57-46-16-14-13-15-43(46)52(9,10)44-28-40-39-23-32(3)17-20-45(39)58(47(40)29-48(44)57)49-27-37(21-22-55-49)51(6,7)8;/h13-25,27-28,31H,30H2,1-12H3;/q-2;+2/t53-,54+;/m0./s1/i30D2;. The molecule has 1 aliphatic carbocycles. The van der Waals surface area contributed by atoms with E-state index < -0.39 is 17.5 Å². The summed E-state index contributed by atoms with van der Waals surface area (Å²) in [5, 5.41) is 2.31. The maximum atomic E-state index is 9.60. The third kappa shape index (κ3) is 5.74. The van der Waals surface area contributed by atoms with Crippen LogP contribution in [0.5, 0.6) is 0 Å². The van der Waals surface area contributed by atoms with Gasteiger partial charge < -0.3 is 14.2 Å². The van der Waals surface area contributed by atoms with Gasteiger partial charge in [-0.2, -0.15) is 6.07 Å². The van der Waals surface area contributed by atoms with E-state index in [2.05, 4.69) is 156 Å². The van der Waals surface area contributed by atoms with Gasteiger partial charge in [-0.05, 0) is 120 Å². The molecule has 0 saturated heterocycles. The van der Waals surface area contributed by atoms with Crippen LogP contribution in [0.1, 0.15) is 127 Å². The average molecular weight is 972 g/mol. The molecule has 60 heavy (non-hydrogen) atoms. The van der Waals surface area contributed by atoms with Gasteiger partial charge in [0.25, 0.3) is 0 Å². The second-order valence-corrected chi connectivity index (χ2v) is 19.3. The summed E-state index contributed by atoms with van der Waals surface area (Å²) in [7, 11) is 0. The summed E-state index contributed by atoms with van der Waals surface area (Å²) >= 11 is 0. The van der Waals surface area contributed by atoms with Gasteiger partial charge in [-0.1, -0.05) is 113 Å². The van der Waals surface area contributed by atoms with Crippen LogP contribution in [0.25, 0.3) is 27.6 Å². The van der Waals surface area contributed by atoms with Crippen LogP contribution in [-0.2, 0) is 48.5 Å². The number of pyridine rings is 1. The van der Waals surface area contributed by atoms with Gasteiger partial charge in [-0.25, -0.2) is 4.98 Å². The number of benzene rings is 5. The van der Waals surface area contributed by atoms with Crippen LogP contribution >= 0.6 is 0 Å². The van der Waals surface area contributed by atoms with Crippen LogP contribution < -0.4 is 4.90 Å². The zero-order valence-electron chi connectivity index (χ0n) is 38.8. The first-order chi connectivity index (χ1) is 28.7. The largest absolute Gasteiger partial charge is 2.00 e. The number of ether oxygens (including phenoxy) is 1. The third-order valence-electron chi connectivity index (χ3n) is 13.7. The summed E-state index contributed by atoms with van der Waals surface area (Å²) in [6.07, 6.45) is 0.140. The molecule has 6 heteroatoms. The Kier molecular flexibility index (Phi) is 8.55. The number of nitrogens with zero attached hydrogens (tertiary/aromatic N) is 4. The Morgan fingerprint density at radius 3 is 2.35 bits per heavy atom. The number of rotatable bonds is 4. The van der Waals surface area contributed by atoms with Crippen molar-refractivity contribution in [1.29, 1.82) is 0 Å². The minimum absolute atomic E-state index is 0. The van der Waals surface area contributed by atoms with Crippen molar-refractivity contribution in [2.24, 2.45) is 4.99 Å². The number of para-hydroxylation sites is 1. The SMILES string of the molecule is [2H]C1([2H])c2c(ccc(C)c2C)[C@@]2(C)N=C(c3[c-]c(N4c5[c-]c6c(cc5C(C)(C)c5ccccc54)c4cc(C)ccc4n6-c4cc(C(C)(C)C)ccn4)cc(C(C)C)c3)O[C@@]12C.[Pt+2]. The fraction of sp³-hybridized carbons (Fsp3) is 0.333. The zero-order valence-corrected chi connectivity index (χ0v) is 39.0. The molecule has 0 radical (unpaired) electrons. The number of aliphatic imine (C=N–C) groups is 1. The Bertz CT molecular complexity index is 3060. The predicted octanol–water partition coefficient (Wildman–Crippen LogP) is 13.2. The summed E-state index contributed by atoms with van der Waals surface area (Å²) in [6.45, 7) is 25.9. The van der Waals surface area contributed by atoms with Gasteiger partial charge in [0.1, 0.15) is 22.9 Å². The molecule has 306 valence electrons. The van der Waals surface area contributed by atoms with Gasteiger partial charge in [0.2, 0.25) is 0 Å². The van der Waals surface area contributed by atoms with E-state index in [0.29, 0.717) is 17.0 Å². The summed E-state index contributed by atoms with van der Waals surface area (Å²) in [4.78, 5) is 12.7. The fourth-order valence-electron chi connectivity index (χ4n) is 9.67. The molecule has 5 nitrogen and oxygen atoms in total. The fourth-order valence-corrected chi connectivity index (χ4v) is 9.67. The van der Waals surface area contributed by atoms with E-state index in [-0.39, 0.29) is 37.8 Å². The first-order valence-corrected chi connectivity index (χ1v) is 21.0. The Balaban J connectivity index is 0.00000490. The van der Waals surface area contributed by atoms with Gasteiger partial charge in [-0.15, -0.1) is 40.8 Å². The van der Waals surface area contributed by atoms with Crippen molar-refractivity contribution in [2.45, 2.75) is 117 Å². The second kappa shape index (κ2) is 13.5. The van der Waals surface area contributed by atoms with Gasteiger partial charge in [0, 0.05) is 26.5 Å². The Labute approximate surface area is 373 Å². The minimum Gasteiger partial charge on any atom is -0.511 e. The van der Waals surface area contributed by atoms with E-state index in [1.807, 2.05) is 40.0 Å². The van der Waals surface area contributed by atoms with Gasteiger partial charge in [0.05, 0.1) is 0 Å². The molecular weight excluding hydrogens is 916 g/mol. The molecule has 0 fully saturated rings. The average Bonchev–Trinajstić information content (AvgIpc) is 3.72. The molecular formula is C54H54N4OPt. The molecule has 3 aliphatic rings. The van der Waals surface area contributed by atoms with Crippen molar-refractivity contribution in [3.8, 4) is 5.82 Å². The van der Waals surface area contributed by atoms with Crippen LogP contribution in [0, 0.1) is 32.9 Å². The van der Waals surface area contributed by atoms with Crippen LogP contribution in [0.15, 0.2) is 96.1 Å². The molecule has 0 amide bonds. The quantitative estimate of drug-likeness (QED) is 0.165. The van der Waals surface area contributed by atoms with E-state index >= 15 is 0 Å². The molecule has 0 N–H and O–H groups in total. The monoisotopic (exact) mass is 971 g/mol. The van der Waals surface area contributed by atoms with E-state index in [9.17, 15) is 2.74 Å². The number of aromatic nitrogens is 2. The van der Waals surface area contributed by atoms with Crippen molar-refractivity contribution in [3.63, 3.8) is 0 Å². The van der Waals surface area contributed by atoms with E-state index in [0.717, 1.165) is 61.6 Å². The number of aryl methyl sites for hydroxylation is 2. The molecule has 7 aromatic rings. The maximum Gasteiger partial charge on any atom is 2.00 e. The van der Waals surface area contributed by atoms with E-state index in [1.165, 1.54) is 27.6 Å². The summed E-state index contributed by atoms with van der Waals surface area (Å²) in [5.41, 5.74) is 12.5. The Hall–Kier alpha value is -4.99. The first-order valence-electron chi connectivity index (χ1n) is 22.0. The smallest absolute Gasteiger partial charge is 0.511 e. The molecule has 4 heterocycles. The molecule has 0 spiro atoms. The maximum absolute atomic E-state index is 9.60. The van der Waals surface area contributed by atoms with Crippen LogP contribution in [-0.4, -0.2) is 21.0 Å². The predicted molar refractivity (Wildman–Crippen MR) is 244 cm³/mol. The molecule has 2 aromatic heterocycles. The van der Waals surface area contributed by atoms with Crippen molar-refractivity contribution < 1.29 is 28.5 Å². The second-order valence-electron chi connectivity index (χ2n) is 19.3. The van der Waals surface area contributed by atoms with Crippen LogP contribution in [0.2, 0.25) is 0 Å². The number of hydrogen-bond acceptors (Lipinski definition) is 4. The van der Waals surface area contributed by atoms with E-state index in [4.69, 9.17) is 14.7 Å². The molecule has 0 saturated carbocycles. The molecule has 10 rings (SSSR count). The van der Waals surface area contributed by atoms with Crippen molar-refractivity contribution in [3.05, 3.63) is 159 Å². The Morgan fingerprint density at radius 1 is 0.833 bits per heavy atom. The normalized spacial score (nSPS) is 21.4. The van der Waals surface area contributed by atoms with Gasteiger partial charge >= 0.3 is 21.1 Å². The number of fused-ring (bicyclic) bond motifs is 8. The van der Waals surface area contributed by atoms with E-state index in [1.54, 1.807) is 0 Å². The summed E-state index contributed by atoms with van der Waals surface area (Å²) < 4.78 is 28.4. The summed E-state index contributed by atoms with van der Waals surface area (Å²) in [6, 6.07) is 38.5. The molecule has 0 bridgehead atoms. The van der Waals surface area contributed by atoms with Gasteiger partial charge in [0.15, 0.2) is 0 Å². The van der Waals surface area contributed by atoms with Crippen LogP contribution in [0.4, 0.5) is 17.1 Å². The van der Waals surface area contributed by atoms with Crippen LogP contribution in [0.3, 0.4) is 0 Å². The molecule has 5 aromatic carbocycles. The number of hydrogen-bond donors (Lipinski definition) is 0. The first kappa shape index (κ1) is 38.0. The Morgan fingerprint density at radius 2 is 1.60 bits per heavy atom.